The molecule has 0 N–H and O–H groups in total. The van der Waals surface area contributed by atoms with E-state index in [1.54, 1.807) is 0 Å². The molecule has 0 radical (unpaired) electrons. The van der Waals surface area contributed by atoms with Crippen molar-refractivity contribution < 1.29 is 12.3 Å². The molecule has 0 aromatic rings. The van der Waals surface area contributed by atoms with Gasteiger partial charge in [0.25, 0.3) is 0 Å². The summed E-state index contributed by atoms with van der Waals surface area (Å²) in [5.74, 6) is 0. The van der Waals surface area contributed by atoms with E-state index in [2.05, 4.69) is 56.2 Å². The van der Waals surface area contributed by atoms with Crippen LogP contribution in [0.2, 0.25) is 0 Å². The summed E-state index contributed by atoms with van der Waals surface area (Å²) in [6.07, 6.45) is 0. The van der Waals surface area contributed by atoms with E-state index in [9.17, 15) is 0 Å². The molecule has 7 heteroatoms. The van der Waals surface area contributed by atoms with Gasteiger partial charge in [0, 0.05) is 18.1 Å². The third-order valence-corrected chi connectivity index (χ3v) is 3.28. The maximum absolute atomic E-state index is 4.95. The molecule has 116 valence electrons. The zero-order valence-electron chi connectivity index (χ0n) is 12.8. The first-order valence-corrected chi connectivity index (χ1v) is 12.4. The summed E-state index contributed by atoms with van der Waals surface area (Å²) in [6.45, 7) is 17.0. The normalized spacial score (nSPS) is 19.4. The van der Waals surface area contributed by atoms with Gasteiger partial charge in [-0.1, -0.05) is 0 Å². The SMILES string of the molecule is CC(C)N1CN(C(C)C)CN(C(C)C)C1.[Cl][V]([Cl])[Cl]. The molecule has 1 fully saturated rings. The average molecular weight is 371 g/mol. The molecule has 1 saturated heterocycles. The summed E-state index contributed by atoms with van der Waals surface area (Å²) >= 11 is -1.77. The minimum absolute atomic E-state index is 0.632. The van der Waals surface area contributed by atoms with Gasteiger partial charge in [-0.3, -0.25) is 14.7 Å². The van der Waals surface area contributed by atoms with Gasteiger partial charge in [-0.05, 0) is 41.5 Å². The Balaban J connectivity index is 0.000000711. The molecule has 0 aliphatic carbocycles. The second-order valence-electron chi connectivity index (χ2n) is 5.66. The Kier molecular flexibility index (Phi) is 10.8. The van der Waals surface area contributed by atoms with Gasteiger partial charge in [-0.25, -0.2) is 0 Å². The summed E-state index contributed by atoms with van der Waals surface area (Å²) in [5, 5.41) is 0. The molecule has 19 heavy (non-hydrogen) atoms. The fourth-order valence-electron chi connectivity index (χ4n) is 1.81. The Hall–Kier alpha value is 1.33. The molecule has 0 aromatic heterocycles. The first-order valence-electron chi connectivity index (χ1n) is 6.64. The molecule has 0 atom stereocenters. The Morgan fingerprint density at radius 3 is 0.895 bits per heavy atom. The van der Waals surface area contributed by atoms with Crippen molar-refractivity contribution in [1.29, 1.82) is 0 Å². The number of nitrogens with zero attached hydrogens (tertiary/aromatic N) is 3. The monoisotopic (exact) mass is 369 g/mol. The molecule has 1 rings (SSSR count). The van der Waals surface area contributed by atoms with E-state index in [1.807, 2.05) is 0 Å². The average Bonchev–Trinajstić information content (AvgIpc) is 2.27. The topological polar surface area (TPSA) is 9.72 Å². The molecule has 0 spiro atoms. The molecule has 1 aliphatic heterocycles. The zero-order chi connectivity index (χ0) is 15.2. The van der Waals surface area contributed by atoms with Crippen molar-refractivity contribution in [2.75, 3.05) is 20.0 Å². The summed E-state index contributed by atoms with van der Waals surface area (Å²) in [5.41, 5.74) is 0. The van der Waals surface area contributed by atoms with Gasteiger partial charge in [-0.2, -0.15) is 0 Å². The van der Waals surface area contributed by atoms with Crippen LogP contribution in [0.25, 0.3) is 0 Å². The molecule has 1 aliphatic rings. The van der Waals surface area contributed by atoms with Crippen LogP contribution in [0, 0.1) is 0 Å². The molecule has 0 saturated carbocycles. The van der Waals surface area contributed by atoms with E-state index in [-0.39, 0.29) is 0 Å². The van der Waals surface area contributed by atoms with Crippen molar-refractivity contribution in [2.45, 2.75) is 59.7 Å². The van der Waals surface area contributed by atoms with E-state index in [0.717, 1.165) is 20.0 Å². The first kappa shape index (κ1) is 20.3. The Labute approximate surface area is 136 Å². The van der Waals surface area contributed by atoms with Crippen molar-refractivity contribution in [2.24, 2.45) is 0 Å². The predicted molar refractivity (Wildman–Crippen MR) is 83.1 cm³/mol. The minimum atomic E-state index is -1.77. The van der Waals surface area contributed by atoms with E-state index in [4.69, 9.17) is 29.5 Å². The van der Waals surface area contributed by atoms with Gasteiger partial charge in [0.05, 0.1) is 20.0 Å². The number of halogens is 3. The molecular weight excluding hydrogens is 343 g/mol. The Morgan fingerprint density at radius 2 is 0.789 bits per heavy atom. The zero-order valence-corrected chi connectivity index (χ0v) is 16.4. The summed E-state index contributed by atoms with van der Waals surface area (Å²) < 4.78 is 0. The van der Waals surface area contributed by atoms with E-state index in [1.165, 1.54) is 0 Å². The van der Waals surface area contributed by atoms with Gasteiger partial charge < -0.3 is 0 Å². The summed E-state index contributed by atoms with van der Waals surface area (Å²) in [7, 11) is 14.9. The van der Waals surface area contributed by atoms with Crippen molar-refractivity contribution in [3.63, 3.8) is 0 Å². The second-order valence-corrected chi connectivity index (χ2v) is 12.6. The molecule has 3 nitrogen and oxygen atoms in total. The third-order valence-electron chi connectivity index (χ3n) is 3.28. The summed E-state index contributed by atoms with van der Waals surface area (Å²) in [6, 6.07) is 1.90. The van der Waals surface area contributed by atoms with Gasteiger partial charge in [0.1, 0.15) is 0 Å². The predicted octanol–water partition coefficient (Wildman–Crippen LogP) is 4.07. The number of rotatable bonds is 3. The van der Waals surface area contributed by atoms with E-state index >= 15 is 0 Å². The molecule has 1 heterocycles. The summed E-state index contributed by atoms with van der Waals surface area (Å²) in [4.78, 5) is 7.59. The first-order chi connectivity index (χ1) is 8.65. The van der Waals surface area contributed by atoms with Crippen molar-refractivity contribution in [1.82, 2.24) is 14.7 Å². The quantitative estimate of drug-likeness (QED) is 0.741. The van der Waals surface area contributed by atoms with Gasteiger partial charge in [0.2, 0.25) is 0 Å². The maximum atomic E-state index is 4.95. The second kappa shape index (κ2) is 10.1. The van der Waals surface area contributed by atoms with Crippen LogP contribution in [0.15, 0.2) is 0 Å². The van der Waals surface area contributed by atoms with Gasteiger partial charge in [0.15, 0.2) is 0 Å². The van der Waals surface area contributed by atoms with Crippen LogP contribution in [0.5, 0.6) is 0 Å². The van der Waals surface area contributed by atoms with Crippen LogP contribution in [-0.2, 0) is 12.3 Å². The van der Waals surface area contributed by atoms with Crippen molar-refractivity contribution in [3.05, 3.63) is 0 Å². The van der Waals surface area contributed by atoms with Crippen molar-refractivity contribution in [3.8, 4) is 0 Å². The van der Waals surface area contributed by atoms with E-state index in [0.29, 0.717) is 18.1 Å². The van der Waals surface area contributed by atoms with Crippen LogP contribution >= 0.6 is 29.5 Å². The van der Waals surface area contributed by atoms with Crippen molar-refractivity contribution >= 4 is 29.5 Å². The Morgan fingerprint density at radius 1 is 0.632 bits per heavy atom. The van der Waals surface area contributed by atoms with Crippen LogP contribution in [-0.4, -0.2) is 52.8 Å². The van der Waals surface area contributed by atoms with Gasteiger partial charge in [-0.15, -0.1) is 0 Å². The fourth-order valence-corrected chi connectivity index (χ4v) is 1.81. The number of hydrogen-bond donors (Lipinski definition) is 0. The van der Waals surface area contributed by atoms with E-state index < -0.39 is 12.3 Å². The molecular formula is C12H27Cl3N3V. The fraction of sp³-hybridized carbons (Fsp3) is 1.00. The molecule has 0 aromatic carbocycles. The Bertz CT molecular complexity index is 198. The van der Waals surface area contributed by atoms with Crippen LogP contribution in [0.1, 0.15) is 41.5 Å². The third kappa shape index (κ3) is 9.05. The number of hydrogen-bond acceptors (Lipinski definition) is 3. The van der Waals surface area contributed by atoms with Crippen LogP contribution in [0.4, 0.5) is 0 Å². The molecule has 0 amide bonds. The van der Waals surface area contributed by atoms with Crippen LogP contribution < -0.4 is 0 Å². The molecule has 0 bridgehead atoms. The van der Waals surface area contributed by atoms with Gasteiger partial charge >= 0.3 is 41.8 Å². The van der Waals surface area contributed by atoms with Crippen LogP contribution in [0.3, 0.4) is 0 Å². The standard InChI is InChI=1S/C12H27N3.3ClH.V/c1-10(2)13-7-14(11(3)4)9-15(8-13)12(5)6;;;;/h10-12H,7-9H2,1-6H3;3*1H;/q;;;;+3/p-3. The molecule has 0 unspecified atom stereocenters.